The molecule has 0 amide bonds. The third-order valence-corrected chi connectivity index (χ3v) is 7.52. The highest BCUT2D eigenvalue weighted by Gasteiger charge is 2.42. The Kier molecular flexibility index (Phi) is 5.11. The van der Waals surface area contributed by atoms with Gasteiger partial charge in [0.1, 0.15) is 5.01 Å². The quantitative estimate of drug-likeness (QED) is 0.879. The SMILES string of the molecule is Cc1csc(C2(NS(=O)(=O)C[C@@H]3CC[C@@H](C)CO3)CCCC2)n1. The first-order chi connectivity index (χ1) is 10.9. The molecule has 7 heteroatoms. The topological polar surface area (TPSA) is 68.3 Å². The summed E-state index contributed by atoms with van der Waals surface area (Å²) >= 11 is 1.56. The summed E-state index contributed by atoms with van der Waals surface area (Å²) in [6.07, 6.45) is 5.43. The van der Waals surface area contributed by atoms with Gasteiger partial charge in [0.25, 0.3) is 0 Å². The van der Waals surface area contributed by atoms with Gasteiger partial charge in [0, 0.05) is 17.7 Å². The fraction of sp³-hybridized carbons (Fsp3) is 0.812. The van der Waals surface area contributed by atoms with Crippen molar-refractivity contribution in [3.8, 4) is 0 Å². The molecule has 2 aliphatic rings. The van der Waals surface area contributed by atoms with Crippen LogP contribution in [-0.4, -0.2) is 31.9 Å². The third-order valence-electron chi connectivity index (χ3n) is 4.84. The zero-order valence-corrected chi connectivity index (χ0v) is 15.5. The van der Waals surface area contributed by atoms with E-state index in [0.717, 1.165) is 49.2 Å². The molecule has 0 spiro atoms. The Morgan fingerprint density at radius 3 is 2.70 bits per heavy atom. The van der Waals surface area contributed by atoms with Crippen molar-refractivity contribution < 1.29 is 13.2 Å². The normalized spacial score (nSPS) is 28.1. The van der Waals surface area contributed by atoms with E-state index in [0.29, 0.717) is 12.5 Å². The Morgan fingerprint density at radius 2 is 2.13 bits per heavy atom. The van der Waals surface area contributed by atoms with E-state index in [9.17, 15) is 8.42 Å². The standard InChI is InChI=1S/C16H26N2O3S2/c1-12-5-6-14(21-9-12)11-23(19,20)18-16(7-3-4-8-16)15-17-13(2)10-22-15/h10,12,14,18H,3-9,11H2,1-2H3/t12-,14+/m1/s1. The molecule has 3 rings (SSSR count). The van der Waals surface area contributed by atoms with Crippen LogP contribution < -0.4 is 4.72 Å². The first-order valence-corrected chi connectivity index (χ1v) is 11.0. The molecule has 130 valence electrons. The van der Waals surface area contributed by atoms with Crippen molar-refractivity contribution in [2.45, 2.75) is 64.0 Å². The molecule has 1 saturated heterocycles. The fourth-order valence-electron chi connectivity index (χ4n) is 3.56. The Bertz CT molecular complexity index is 628. The first kappa shape index (κ1) is 17.3. The molecule has 1 aliphatic heterocycles. The number of aromatic nitrogens is 1. The van der Waals surface area contributed by atoms with Crippen LogP contribution in [0, 0.1) is 12.8 Å². The van der Waals surface area contributed by atoms with Gasteiger partial charge in [-0.15, -0.1) is 11.3 Å². The number of nitrogens with one attached hydrogen (secondary N) is 1. The highest BCUT2D eigenvalue weighted by atomic mass is 32.2. The number of aryl methyl sites for hydroxylation is 1. The zero-order valence-electron chi connectivity index (χ0n) is 13.9. The number of rotatable bonds is 5. The molecule has 1 aromatic heterocycles. The molecular weight excluding hydrogens is 332 g/mol. The lowest BCUT2D eigenvalue weighted by Gasteiger charge is -2.31. The highest BCUT2D eigenvalue weighted by molar-refractivity contribution is 7.89. The third kappa shape index (κ3) is 4.13. The van der Waals surface area contributed by atoms with Crippen molar-refractivity contribution in [2.75, 3.05) is 12.4 Å². The van der Waals surface area contributed by atoms with Crippen molar-refractivity contribution in [1.82, 2.24) is 9.71 Å². The number of hydrogen-bond donors (Lipinski definition) is 1. The van der Waals surface area contributed by atoms with E-state index in [1.54, 1.807) is 11.3 Å². The van der Waals surface area contributed by atoms with E-state index in [1.807, 2.05) is 12.3 Å². The minimum absolute atomic E-state index is 0.0613. The van der Waals surface area contributed by atoms with Gasteiger partial charge >= 0.3 is 0 Å². The molecule has 0 aromatic carbocycles. The number of hydrogen-bond acceptors (Lipinski definition) is 5. The molecule has 1 N–H and O–H groups in total. The summed E-state index contributed by atoms with van der Waals surface area (Å²) < 4.78 is 34.1. The van der Waals surface area contributed by atoms with Crippen LogP contribution in [0.25, 0.3) is 0 Å². The molecule has 0 bridgehead atoms. The maximum absolute atomic E-state index is 12.7. The summed E-state index contributed by atoms with van der Waals surface area (Å²) in [6.45, 7) is 4.76. The van der Waals surface area contributed by atoms with Crippen LogP contribution in [0.5, 0.6) is 0 Å². The van der Waals surface area contributed by atoms with Crippen molar-refractivity contribution in [2.24, 2.45) is 5.92 Å². The number of sulfonamides is 1. The van der Waals surface area contributed by atoms with Crippen LogP contribution in [0.2, 0.25) is 0 Å². The van der Waals surface area contributed by atoms with Gasteiger partial charge < -0.3 is 4.74 Å². The van der Waals surface area contributed by atoms with E-state index in [4.69, 9.17) is 4.74 Å². The van der Waals surface area contributed by atoms with Gasteiger partial charge in [-0.3, -0.25) is 0 Å². The molecule has 1 aromatic rings. The fourth-order valence-corrected chi connectivity index (χ4v) is 6.37. The average molecular weight is 359 g/mol. The smallest absolute Gasteiger partial charge is 0.215 e. The summed E-state index contributed by atoms with van der Waals surface area (Å²) in [6, 6.07) is 0. The van der Waals surface area contributed by atoms with Crippen molar-refractivity contribution in [3.05, 3.63) is 16.1 Å². The molecule has 1 aliphatic carbocycles. The van der Waals surface area contributed by atoms with E-state index in [1.165, 1.54) is 0 Å². The Morgan fingerprint density at radius 1 is 1.39 bits per heavy atom. The molecule has 23 heavy (non-hydrogen) atoms. The monoisotopic (exact) mass is 358 g/mol. The van der Waals surface area contributed by atoms with Gasteiger partial charge in [0.2, 0.25) is 10.0 Å². The minimum Gasteiger partial charge on any atom is -0.377 e. The van der Waals surface area contributed by atoms with Crippen molar-refractivity contribution in [3.63, 3.8) is 0 Å². The van der Waals surface area contributed by atoms with Crippen LogP contribution in [0.3, 0.4) is 0 Å². The summed E-state index contributed by atoms with van der Waals surface area (Å²) in [7, 11) is -3.39. The van der Waals surface area contributed by atoms with E-state index in [2.05, 4.69) is 16.6 Å². The summed E-state index contributed by atoms with van der Waals surface area (Å²) in [4.78, 5) is 4.57. The largest absolute Gasteiger partial charge is 0.377 e. The molecule has 5 nitrogen and oxygen atoms in total. The van der Waals surface area contributed by atoms with Gasteiger partial charge in [-0.1, -0.05) is 19.8 Å². The van der Waals surface area contributed by atoms with Gasteiger partial charge in [-0.2, -0.15) is 0 Å². The lowest BCUT2D eigenvalue weighted by atomic mass is 10.0. The van der Waals surface area contributed by atoms with E-state index in [-0.39, 0.29) is 11.9 Å². The molecule has 2 atom stereocenters. The van der Waals surface area contributed by atoms with E-state index >= 15 is 0 Å². The molecular formula is C16H26N2O3S2. The second-order valence-electron chi connectivity index (χ2n) is 7.10. The minimum atomic E-state index is -3.39. The second-order valence-corrected chi connectivity index (χ2v) is 9.73. The van der Waals surface area contributed by atoms with Crippen LogP contribution >= 0.6 is 11.3 Å². The van der Waals surface area contributed by atoms with Crippen LogP contribution in [0.1, 0.15) is 56.2 Å². The van der Waals surface area contributed by atoms with Crippen LogP contribution in [-0.2, 0) is 20.3 Å². The van der Waals surface area contributed by atoms with Gasteiger partial charge in [0.15, 0.2) is 0 Å². The summed E-state index contributed by atoms with van der Waals surface area (Å²) in [5.74, 6) is 0.590. The summed E-state index contributed by atoms with van der Waals surface area (Å²) in [5.41, 5.74) is 0.458. The zero-order chi connectivity index (χ0) is 16.5. The molecule has 0 radical (unpaired) electrons. The summed E-state index contributed by atoms with van der Waals surface area (Å²) in [5, 5.41) is 2.91. The maximum atomic E-state index is 12.7. The lowest BCUT2D eigenvalue weighted by Crippen LogP contribution is -2.47. The maximum Gasteiger partial charge on any atom is 0.215 e. The van der Waals surface area contributed by atoms with Gasteiger partial charge in [0.05, 0.1) is 17.4 Å². The molecule has 0 unspecified atom stereocenters. The number of nitrogens with zero attached hydrogens (tertiary/aromatic N) is 1. The van der Waals surface area contributed by atoms with Gasteiger partial charge in [-0.05, 0) is 38.5 Å². The molecule has 2 fully saturated rings. The predicted octanol–water partition coefficient (Wildman–Crippen LogP) is 2.96. The highest BCUT2D eigenvalue weighted by Crippen LogP contribution is 2.40. The van der Waals surface area contributed by atoms with Crippen molar-refractivity contribution in [1.29, 1.82) is 0 Å². The number of ether oxygens (including phenoxy) is 1. The first-order valence-electron chi connectivity index (χ1n) is 8.44. The van der Waals surface area contributed by atoms with Crippen molar-refractivity contribution >= 4 is 21.4 Å². The average Bonchev–Trinajstić information content (AvgIpc) is 3.11. The Hall–Kier alpha value is -0.500. The lowest BCUT2D eigenvalue weighted by molar-refractivity contribution is 0.00193. The van der Waals surface area contributed by atoms with Gasteiger partial charge in [-0.25, -0.2) is 18.1 Å². The van der Waals surface area contributed by atoms with Crippen LogP contribution in [0.4, 0.5) is 0 Å². The number of thiazole rings is 1. The van der Waals surface area contributed by atoms with E-state index < -0.39 is 15.6 Å². The second kappa shape index (κ2) is 6.78. The molecule has 2 heterocycles. The Balaban J connectivity index is 1.72. The predicted molar refractivity (Wildman–Crippen MR) is 92.1 cm³/mol. The Labute approximate surface area is 142 Å². The van der Waals surface area contributed by atoms with Crippen LogP contribution in [0.15, 0.2) is 5.38 Å². The molecule has 1 saturated carbocycles.